The zero-order chi connectivity index (χ0) is 50.1. The highest BCUT2D eigenvalue weighted by Crippen LogP contribution is 2.53. The Hall–Kier alpha value is -3.63. The van der Waals surface area contributed by atoms with E-state index in [0.29, 0.717) is 0 Å². The standard InChI is InChI=1S/C60H76N4S5Si2/c1-5-9-13-17-21-25-33-70(34-26-22-18-14-10-6-2)53-39-51(49-31-29-47(65-49)37-45(41-61)42-62)67-55(53)57-59(70)60-58(69-57)56-54(40-52(68-56)50-32-30-48(66-50)38-46(43-63)44-64)71(60,35-27-23-19-15-11-7-3)36-28-24-20-16-12-8-4/h29-32,37-40H,5-28,33-36H2,1-4H3. The number of unbranched alkanes of at least 4 members (excludes halogenated alkanes) is 20. The summed E-state index contributed by atoms with van der Waals surface area (Å²) in [4.78, 5) is 13.6. The molecule has 0 spiro atoms. The third kappa shape index (κ3) is 12.8. The van der Waals surface area contributed by atoms with Gasteiger partial charge in [0.2, 0.25) is 0 Å². The van der Waals surface area contributed by atoms with E-state index >= 15 is 0 Å². The summed E-state index contributed by atoms with van der Waals surface area (Å²) < 4.78 is 0. The van der Waals surface area contributed by atoms with Gasteiger partial charge in [0.05, 0.1) is 0 Å². The average Bonchev–Trinajstić information content (AvgIpc) is 4.26. The second-order valence-corrected chi connectivity index (χ2v) is 34.2. The van der Waals surface area contributed by atoms with Crippen LogP contribution in [-0.2, 0) is 0 Å². The van der Waals surface area contributed by atoms with Gasteiger partial charge in [0.25, 0.3) is 0 Å². The van der Waals surface area contributed by atoms with Crippen molar-refractivity contribution in [1.82, 2.24) is 0 Å². The summed E-state index contributed by atoms with van der Waals surface area (Å²) in [6.45, 7) is 9.33. The molecule has 374 valence electrons. The fraction of sp³-hybridized carbons (Fsp3) is 0.533. The van der Waals surface area contributed by atoms with Crippen LogP contribution < -0.4 is 20.7 Å². The number of hydrogen-bond acceptors (Lipinski definition) is 9. The Balaban J connectivity index is 1.43. The Morgan fingerprint density at radius 1 is 0.380 bits per heavy atom. The second kappa shape index (κ2) is 27.6. The molecule has 0 atom stereocenters. The molecule has 2 aliphatic heterocycles. The van der Waals surface area contributed by atoms with Gasteiger partial charge in [-0.1, -0.05) is 182 Å². The molecule has 0 saturated heterocycles. The van der Waals surface area contributed by atoms with Crippen LogP contribution in [-0.4, -0.2) is 16.1 Å². The molecule has 5 aromatic heterocycles. The SMILES string of the molecule is CCCCCCCC[Si]1(CCCCCCCC)c2cc(-c3ccc(C=C(C#N)C#N)s3)sc2-c2sc3c(c21)[Si](CCCCCCCC)(CCCCCCCC)c1cc(-c2ccc(C=C(C#N)C#N)s2)sc1-3. The van der Waals surface area contributed by atoms with Crippen LogP contribution in [0.4, 0.5) is 0 Å². The number of nitriles is 4. The first kappa shape index (κ1) is 55.1. The number of nitrogens with zero attached hydrogens (tertiary/aromatic N) is 4. The van der Waals surface area contributed by atoms with E-state index in [1.165, 1.54) is 198 Å². The molecule has 0 unspecified atom stereocenters. The third-order valence-corrected chi connectivity index (χ3v) is 33.2. The van der Waals surface area contributed by atoms with Gasteiger partial charge in [-0.2, -0.15) is 21.0 Å². The summed E-state index contributed by atoms with van der Waals surface area (Å²) in [6, 6.07) is 27.8. The van der Waals surface area contributed by atoms with Crippen molar-refractivity contribution in [3.8, 4) is 63.3 Å². The molecule has 0 N–H and O–H groups in total. The first-order valence-electron chi connectivity index (χ1n) is 27.6. The molecular formula is C60H76N4S5Si2. The molecule has 0 fully saturated rings. The van der Waals surface area contributed by atoms with Gasteiger partial charge >= 0.3 is 0 Å². The van der Waals surface area contributed by atoms with Gasteiger partial charge < -0.3 is 0 Å². The van der Waals surface area contributed by atoms with E-state index in [1.54, 1.807) is 64.7 Å². The Labute approximate surface area is 449 Å². The smallest absolute Gasteiger partial charge is 0.131 e. The topological polar surface area (TPSA) is 95.2 Å². The van der Waals surface area contributed by atoms with Crippen molar-refractivity contribution in [2.24, 2.45) is 0 Å². The zero-order valence-corrected chi connectivity index (χ0v) is 49.3. The highest BCUT2D eigenvalue weighted by Gasteiger charge is 2.57. The highest BCUT2D eigenvalue weighted by molar-refractivity contribution is 7.38. The lowest BCUT2D eigenvalue weighted by molar-refractivity contribution is 0.616. The molecule has 0 bridgehead atoms. The van der Waals surface area contributed by atoms with Crippen molar-refractivity contribution in [1.29, 1.82) is 21.0 Å². The van der Waals surface area contributed by atoms with E-state index in [1.807, 2.05) is 33.0 Å². The van der Waals surface area contributed by atoms with Crippen molar-refractivity contribution in [3.63, 3.8) is 0 Å². The maximum Gasteiger partial charge on any atom is 0.131 e. The van der Waals surface area contributed by atoms with Gasteiger partial charge in [0.1, 0.15) is 51.6 Å². The largest absolute Gasteiger partial charge is 0.192 e. The van der Waals surface area contributed by atoms with Crippen molar-refractivity contribution in [2.45, 2.75) is 206 Å². The summed E-state index contributed by atoms with van der Waals surface area (Å²) in [5.41, 5.74) is 0.312. The molecule has 7 heterocycles. The quantitative estimate of drug-likeness (QED) is 0.0243. The molecule has 0 amide bonds. The summed E-state index contributed by atoms with van der Waals surface area (Å²) in [5.74, 6) is 0. The van der Waals surface area contributed by atoms with Gasteiger partial charge in [-0.05, 0) is 93.5 Å². The van der Waals surface area contributed by atoms with E-state index in [-0.39, 0.29) is 11.1 Å². The maximum absolute atomic E-state index is 9.59. The summed E-state index contributed by atoms with van der Waals surface area (Å²) in [7, 11) is -4.56. The number of allylic oxidation sites excluding steroid dienone is 2. The molecule has 5 aromatic rings. The molecule has 4 nitrogen and oxygen atoms in total. The second-order valence-electron chi connectivity index (χ2n) is 20.4. The molecular weight excluding hydrogens is 993 g/mol. The Kier molecular flexibility index (Phi) is 21.4. The van der Waals surface area contributed by atoms with Crippen LogP contribution in [0.15, 0.2) is 47.5 Å². The molecule has 7 rings (SSSR count). The zero-order valence-electron chi connectivity index (χ0n) is 43.2. The van der Waals surface area contributed by atoms with Crippen molar-refractivity contribution in [3.05, 3.63) is 57.3 Å². The summed E-state index contributed by atoms with van der Waals surface area (Å²) in [5, 5.41) is 45.7. The predicted octanol–water partition coefficient (Wildman–Crippen LogP) is 18.7. The lowest BCUT2D eigenvalue weighted by atomic mass is 10.1. The fourth-order valence-corrected chi connectivity index (χ4v) is 33.3. The molecule has 0 saturated carbocycles. The lowest BCUT2D eigenvalue weighted by Crippen LogP contribution is -2.67. The van der Waals surface area contributed by atoms with Crippen LogP contribution in [0, 0.1) is 45.3 Å². The molecule has 71 heavy (non-hydrogen) atoms. The van der Waals surface area contributed by atoms with Crippen molar-refractivity contribution < 1.29 is 0 Å². The molecule has 0 aromatic carbocycles. The molecule has 0 radical (unpaired) electrons. The van der Waals surface area contributed by atoms with E-state index in [4.69, 9.17) is 0 Å². The predicted molar refractivity (Wildman–Crippen MR) is 319 cm³/mol. The van der Waals surface area contributed by atoms with E-state index in [9.17, 15) is 21.0 Å². The molecule has 11 heteroatoms. The van der Waals surface area contributed by atoms with Crippen molar-refractivity contribution >= 4 is 106 Å². The minimum absolute atomic E-state index is 0.156. The van der Waals surface area contributed by atoms with Crippen LogP contribution in [0.25, 0.3) is 51.2 Å². The van der Waals surface area contributed by atoms with Gasteiger partial charge in [-0.15, -0.1) is 56.7 Å². The third-order valence-electron chi connectivity index (χ3n) is 15.4. The van der Waals surface area contributed by atoms with Gasteiger partial charge in [-0.3, -0.25) is 0 Å². The van der Waals surface area contributed by atoms with Crippen LogP contribution in [0.3, 0.4) is 0 Å². The Morgan fingerprint density at radius 3 is 1.00 bits per heavy atom. The van der Waals surface area contributed by atoms with Gasteiger partial charge in [-0.25, -0.2) is 0 Å². The number of thiophene rings is 5. The summed E-state index contributed by atoms with van der Waals surface area (Å²) >= 11 is 9.73. The van der Waals surface area contributed by atoms with E-state index in [0.717, 1.165) is 9.75 Å². The maximum atomic E-state index is 9.59. The molecule has 2 aliphatic rings. The fourth-order valence-electron chi connectivity index (χ4n) is 11.7. The number of fused-ring (bicyclic) bond motifs is 7. The minimum Gasteiger partial charge on any atom is -0.192 e. The molecule has 0 aliphatic carbocycles. The van der Waals surface area contributed by atoms with E-state index < -0.39 is 16.1 Å². The first-order valence-corrected chi connectivity index (χ1v) is 36.5. The minimum atomic E-state index is -2.28. The monoisotopic (exact) mass is 1070 g/mol. The average molecular weight is 1070 g/mol. The van der Waals surface area contributed by atoms with Crippen LogP contribution in [0.1, 0.15) is 192 Å². The van der Waals surface area contributed by atoms with Gasteiger partial charge in [0, 0.05) is 48.8 Å². The van der Waals surface area contributed by atoms with E-state index in [2.05, 4.69) is 99.7 Å². The van der Waals surface area contributed by atoms with Crippen LogP contribution in [0.2, 0.25) is 24.2 Å². The number of rotatable bonds is 32. The highest BCUT2D eigenvalue weighted by atomic mass is 32.1. The normalized spacial score (nSPS) is 13.4. The Morgan fingerprint density at radius 2 is 0.690 bits per heavy atom. The van der Waals surface area contributed by atoms with Crippen LogP contribution >= 0.6 is 56.7 Å². The van der Waals surface area contributed by atoms with Crippen molar-refractivity contribution in [2.75, 3.05) is 0 Å². The van der Waals surface area contributed by atoms with Crippen LogP contribution in [0.5, 0.6) is 0 Å². The summed E-state index contributed by atoms with van der Waals surface area (Å²) in [6.07, 6.45) is 35.3. The number of hydrogen-bond donors (Lipinski definition) is 0. The van der Waals surface area contributed by atoms with Gasteiger partial charge in [0.15, 0.2) is 0 Å². The Bertz CT molecular complexity index is 2510. The lowest BCUT2D eigenvalue weighted by Gasteiger charge is -2.36. The first-order chi connectivity index (χ1) is 34.8.